The summed E-state index contributed by atoms with van der Waals surface area (Å²) >= 11 is 0. The number of para-hydroxylation sites is 1. The molecule has 0 amide bonds. The maximum atomic E-state index is 11.7. The summed E-state index contributed by atoms with van der Waals surface area (Å²) in [5.74, 6) is 0.595. The predicted molar refractivity (Wildman–Crippen MR) is 136 cm³/mol. The van der Waals surface area contributed by atoms with Gasteiger partial charge in [-0.15, -0.1) is 0 Å². The zero-order chi connectivity index (χ0) is 24.1. The van der Waals surface area contributed by atoms with Gasteiger partial charge >= 0.3 is 5.97 Å². The molecule has 1 N–H and O–H groups in total. The van der Waals surface area contributed by atoms with Gasteiger partial charge in [0.1, 0.15) is 22.8 Å². The summed E-state index contributed by atoms with van der Waals surface area (Å²) in [6, 6.07) is 12.7. The Morgan fingerprint density at radius 1 is 0.818 bits per heavy atom. The topological polar surface area (TPSA) is 55.8 Å². The molecule has 0 unspecified atom stereocenters. The van der Waals surface area contributed by atoms with E-state index in [1.165, 1.54) is 51.4 Å². The Morgan fingerprint density at radius 3 is 2.03 bits per heavy atom. The van der Waals surface area contributed by atoms with E-state index < -0.39 is 5.97 Å². The molecule has 0 aromatic heterocycles. The first-order chi connectivity index (χ1) is 15.8. The number of unbranched alkanes of at least 4 members (excludes halogenated alkanes) is 9. The highest BCUT2D eigenvalue weighted by atomic mass is 16.5. The van der Waals surface area contributed by atoms with Gasteiger partial charge in [-0.1, -0.05) is 104 Å². The first-order valence-electron chi connectivity index (χ1n) is 12.6. The summed E-state index contributed by atoms with van der Waals surface area (Å²) < 4.78 is 12.0. The Bertz CT molecular complexity index is 851. The van der Waals surface area contributed by atoms with Crippen LogP contribution in [-0.2, 0) is 5.41 Å². The highest BCUT2D eigenvalue weighted by molar-refractivity contribution is 5.91. The first-order valence-corrected chi connectivity index (χ1v) is 12.6. The molecular formula is C29H42O4. The van der Waals surface area contributed by atoms with Crippen LogP contribution in [0.5, 0.6) is 17.2 Å². The molecule has 0 aliphatic rings. The smallest absolute Gasteiger partial charge is 0.339 e. The second-order valence-corrected chi connectivity index (χ2v) is 9.84. The van der Waals surface area contributed by atoms with E-state index in [1.54, 1.807) is 18.2 Å². The van der Waals surface area contributed by atoms with Gasteiger partial charge in [-0.3, -0.25) is 0 Å². The molecule has 0 bridgehead atoms. The minimum atomic E-state index is -1.01. The van der Waals surface area contributed by atoms with Crippen molar-refractivity contribution in [2.24, 2.45) is 0 Å². The lowest BCUT2D eigenvalue weighted by molar-refractivity contribution is 0.0694. The Labute approximate surface area is 200 Å². The minimum Gasteiger partial charge on any atom is -0.493 e. The Kier molecular flexibility index (Phi) is 11.3. The van der Waals surface area contributed by atoms with Crippen molar-refractivity contribution in [3.8, 4) is 17.2 Å². The number of carbonyl (C=O) groups is 1. The summed E-state index contributed by atoms with van der Waals surface area (Å²) in [7, 11) is 0. The molecule has 0 fully saturated rings. The second kappa shape index (κ2) is 13.9. The van der Waals surface area contributed by atoms with E-state index >= 15 is 0 Å². The Balaban J connectivity index is 1.88. The molecule has 0 saturated carbocycles. The lowest BCUT2D eigenvalue weighted by Crippen LogP contribution is -2.12. The quantitative estimate of drug-likeness (QED) is 0.273. The number of benzene rings is 2. The van der Waals surface area contributed by atoms with E-state index in [4.69, 9.17) is 9.47 Å². The molecule has 33 heavy (non-hydrogen) atoms. The van der Waals surface area contributed by atoms with Crippen LogP contribution in [0.1, 0.15) is 108 Å². The minimum absolute atomic E-state index is 0.121. The van der Waals surface area contributed by atoms with Crippen LogP contribution in [0.25, 0.3) is 0 Å². The summed E-state index contributed by atoms with van der Waals surface area (Å²) in [4.78, 5) is 11.7. The normalized spacial score (nSPS) is 11.4. The molecule has 4 heteroatoms. The van der Waals surface area contributed by atoms with E-state index in [-0.39, 0.29) is 11.0 Å². The third kappa shape index (κ3) is 9.49. The van der Waals surface area contributed by atoms with Gasteiger partial charge in [-0.05, 0) is 30.0 Å². The van der Waals surface area contributed by atoms with Gasteiger partial charge in [-0.2, -0.15) is 0 Å². The van der Waals surface area contributed by atoms with Crippen molar-refractivity contribution in [2.75, 3.05) is 6.61 Å². The van der Waals surface area contributed by atoms with E-state index in [2.05, 4.69) is 27.7 Å². The van der Waals surface area contributed by atoms with Crippen LogP contribution in [0.15, 0.2) is 42.5 Å². The van der Waals surface area contributed by atoms with Crippen LogP contribution in [-0.4, -0.2) is 17.7 Å². The van der Waals surface area contributed by atoms with Crippen molar-refractivity contribution in [1.29, 1.82) is 0 Å². The number of carboxylic acids is 1. The maximum Gasteiger partial charge on any atom is 0.339 e. The van der Waals surface area contributed by atoms with Crippen LogP contribution in [0.3, 0.4) is 0 Å². The van der Waals surface area contributed by atoms with E-state index in [0.717, 1.165) is 18.4 Å². The fourth-order valence-corrected chi connectivity index (χ4v) is 3.93. The molecule has 0 aliphatic heterocycles. The molecule has 2 aromatic carbocycles. The van der Waals surface area contributed by atoms with Gasteiger partial charge in [0.15, 0.2) is 0 Å². The molecule has 0 atom stereocenters. The standard InChI is InChI=1S/C29H42O4/c1-5-6-7-8-9-10-11-12-13-16-21-32-23-19-20-24(28(30)31)27(22-23)33-26-18-15-14-17-25(26)29(2,3)4/h14-15,17-20,22H,5-13,16,21H2,1-4H3,(H,30,31). The molecule has 182 valence electrons. The molecule has 4 nitrogen and oxygen atoms in total. The number of hydrogen-bond acceptors (Lipinski definition) is 3. The maximum absolute atomic E-state index is 11.7. The fraction of sp³-hybridized carbons (Fsp3) is 0.552. The molecule has 0 aliphatic carbocycles. The van der Waals surface area contributed by atoms with Crippen molar-refractivity contribution in [1.82, 2.24) is 0 Å². The zero-order valence-corrected chi connectivity index (χ0v) is 21.0. The van der Waals surface area contributed by atoms with Crippen LogP contribution >= 0.6 is 0 Å². The summed E-state index contributed by atoms with van der Waals surface area (Å²) in [5.41, 5.74) is 1.03. The van der Waals surface area contributed by atoms with Crippen molar-refractivity contribution >= 4 is 5.97 Å². The fourth-order valence-electron chi connectivity index (χ4n) is 3.93. The first kappa shape index (κ1) is 26.8. The molecule has 0 heterocycles. The third-order valence-electron chi connectivity index (χ3n) is 5.87. The van der Waals surface area contributed by atoms with Crippen LogP contribution < -0.4 is 9.47 Å². The highest BCUT2D eigenvalue weighted by Crippen LogP contribution is 2.36. The molecule has 2 aromatic rings. The molecular weight excluding hydrogens is 412 g/mol. The number of rotatable bonds is 15. The van der Waals surface area contributed by atoms with E-state index in [1.807, 2.05) is 24.3 Å². The van der Waals surface area contributed by atoms with Gasteiger partial charge in [0, 0.05) is 11.6 Å². The van der Waals surface area contributed by atoms with E-state index in [9.17, 15) is 9.90 Å². The average Bonchev–Trinajstić information content (AvgIpc) is 2.77. The van der Waals surface area contributed by atoms with Crippen molar-refractivity contribution in [2.45, 2.75) is 97.3 Å². The highest BCUT2D eigenvalue weighted by Gasteiger charge is 2.21. The number of carboxylic acid groups (broad SMARTS) is 1. The van der Waals surface area contributed by atoms with Crippen LogP contribution in [0.4, 0.5) is 0 Å². The van der Waals surface area contributed by atoms with Gasteiger partial charge in [0.05, 0.1) is 6.61 Å². The van der Waals surface area contributed by atoms with Gasteiger partial charge in [0.2, 0.25) is 0 Å². The number of hydrogen-bond donors (Lipinski definition) is 1. The molecule has 0 radical (unpaired) electrons. The predicted octanol–water partition coefficient (Wildman–Crippen LogP) is 8.77. The van der Waals surface area contributed by atoms with Crippen molar-refractivity contribution in [3.05, 3.63) is 53.6 Å². The van der Waals surface area contributed by atoms with Gasteiger partial charge in [-0.25, -0.2) is 4.79 Å². The van der Waals surface area contributed by atoms with Gasteiger partial charge in [0.25, 0.3) is 0 Å². The number of ether oxygens (including phenoxy) is 2. The summed E-state index contributed by atoms with van der Waals surface area (Å²) in [6.07, 6.45) is 12.8. The SMILES string of the molecule is CCCCCCCCCCCCOc1ccc(C(=O)O)c(Oc2ccccc2C(C)(C)C)c1. The van der Waals surface area contributed by atoms with E-state index in [0.29, 0.717) is 23.9 Å². The second-order valence-electron chi connectivity index (χ2n) is 9.84. The number of aromatic carboxylic acids is 1. The largest absolute Gasteiger partial charge is 0.493 e. The Morgan fingerprint density at radius 2 is 1.42 bits per heavy atom. The zero-order valence-electron chi connectivity index (χ0n) is 21.0. The van der Waals surface area contributed by atoms with Crippen LogP contribution in [0.2, 0.25) is 0 Å². The van der Waals surface area contributed by atoms with Gasteiger partial charge < -0.3 is 14.6 Å². The molecule has 0 saturated heterocycles. The van der Waals surface area contributed by atoms with Crippen molar-refractivity contribution in [3.63, 3.8) is 0 Å². The average molecular weight is 455 g/mol. The lowest BCUT2D eigenvalue weighted by atomic mass is 9.86. The van der Waals surface area contributed by atoms with Crippen LogP contribution in [0, 0.1) is 0 Å². The summed E-state index contributed by atoms with van der Waals surface area (Å²) in [6.45, 7) is 9.21. The lowest BCUT2D eigenvalue weighted by Gasteiger charge is -2.23. The third-order valence-corrected chi connectivity index (χ3v) is 5.87. The molecule has 2 rings (SSSR count). The molecule has 0 spiro atoms. The van der Waals surface area contributed by atoms with Crippen molar-refractivity contribution < 1.29 is 19.4 Å². The Hall–Kier alpha value is -2.49. The monoisotopic (exact) mass is 454 g/mol. The summed E-state index contributed by atoms with van der Waals surface area (Å²) in [5, 5.41) is 9.62.